The maximum Gasteiger partial charge on any atom is 0.230 e. The number of nitrogens with zero attached hydrogens (tertiary/aromatic N) is 1. The number of aromatic nitrogens is 2. The average Bonchev–Trinajstić information content (AvgIpc) is 3.21. The van der Waals surface area contributed by atoms with Crippen molar-refractivity contribution in [3.8, 4) is 11.3 Å². The minimum absolute atomic E-state index is 0.0295. The van der Waals surface area contributed by atoms with Gasteiger partial charge in [0.05, 0.1) is 11.1 Å². The zero-order valence-electron chi connectivity index (χ0n) is 11.8. The van der Waals surface area contributed by atoms with Crippen molar-refractivity contribution in [2.24, 2.45) is 11.3 Å². The van der Waals surface area contributed by atoms with E-state index in [4.69, 9.17) is 0 Å². The first-order valence-electron chi connectivity index (χ1n) is 7.74. The van der Waals surface area contributed by atoms with Gasteiger partial charge in [-0.15, -0.1) is 0 Å². The molecule has 0 aliphatic heterocycles. The molecule has 106 valence electrons. The van der Waals surface area contributed by atoms with E-state index in [-0.39, 0.29) is 11.3 Å². The van der Waals surface area contributed by atoms with Crippen LogP contribution in [0.25, 0.3) is 11.3 Å². The van der Waals surface area contributed by atoms with E-state index in [1.165, 1.54) is 17.7 Å². The standard InChI is InChI=1S/C17H17N3O/c21-16(17-8-11(17)9-17)18-12-6-4-10(5-7-12)15-13-2-1-3-14(13)19-20-15/h4-7,11H,1-3,8-9H2,(H,18,21)(H,19,20). The fraction of sp³-hybridized carbons (Fsp3) is 0.412. The van der Waals surface area contributed by atoms with E-state index in [0.717, 1.165) is 42.6 Å². The molecule has 0 unspecified atom stereocenters. The van der Waals surface area contributed by atoms with Crippen LogP contribution >= 0.6 is 0 Å². The van der Waals surface area contributed by atoms with E-state index in [2.05, 4.69) is 27.6 Å². The number of nitrogens with one attached hydrogen (secondary N) is 2. The molecule has 3 aliphatic carbocycles. The van der Waals surface area contributed by atoms with Gasteiger partial charge in [0.1, 0.15) is 0 Å². The fourth-order valence-corrected chi connectivity index (χ4v) is 3.60. The quantitative estimate of drug-likeness (QED) is 0.907. The van der Waals surface area contributed by atoms with Crippen LogP contribution in [0.2, 0.25) is 0 Å². The zero-order valence-corrected chi connectivity index (χ0v) is 11.8. The number of amides is 1. The Morgan fingerprint density at radius 1 is 1.24 bits per heavy atom. The number of fused-ring (bicyclic) bond motifs is 2. The summed E-state index contributed by atoms with van der Waals surface area (Å²) in [6.45, 7) is 0. The maximum absolute atomic E-state index is 12.1. The Morgan fingerprint density at radius 2 is 2.00 bits per heavy atom. The van der Waals surface area contributed by atoms with Crippen molar-refractivity contribution >= 4 is 11.6 Å². The minimum atomic E-state index is 0.0295. The molecule has 4 heteroatoms. The van der Waals surface area contributed by atoms with Crippen LogP contribution < -0.4 is 5.32 Å². The van der Waals surface area contributed by atoms with Gasteiger partial charge in [-0.1, -0.05) is 12.1 Å². The number of hydrogen-bond donors (Lipinski definition) is 2. The molecule has 0 saturated heterocycles. The maximum atomic E-state index is 12.1. The van der Waals surface area contributed by atoms with Crippen molar-refractivity contribution in [1.82, 2.24) is 10.2 Å². The van der Waals surface area contributed by atoms with Gasteiger partial charge in [0.2, 0.25) is 5.91 Å². The highest BCUT2D eigenvalue weighted by molar-refractivity contribution is 6.00. The molecule has 1 amide bonds. The molecular formula is C17H17N3O. The molecule has 5 rings (SSSR count). The Balaban J connectivity index is 1.38. The molecule has 0 radical (unpaired) electrons. The summed E-state index contributed by atoms with van der Waals surface area (Å²) in [5.41, 5.74) is 5.77. The predicted molar refractivity (Wildman–Crippen MR) is 79.8 cm³/mol. The normalized spacial score (nSPS) is 27.9. The number of aromatic amines is 1. The number of carbonyl (C=O) groups excluding carboxylic acids is 1. The first-order chi connectivity index (χ1) is 10.3. The summed E-state index contributed by atoms with van der Waals surface area (Å²) in [7, 11) is 0. The van der Waals surface area contributed by atoms with E-state index in [0.29, 0.717) is 5.92 Å². The third-order valence-electron chi connectivity index (χ3n) is 5.36. The Morgan fingerprint density at radius 3 is 2.71 bits per heavy atom. The molecule has 3 aliphatic rings. The van der Waals surface area contributed by atoms with Gasteiger partial charge in [-0.25, -0.2) is 0 Å². The van der Waals surface area contributed by atoms with Crippen LogP contribution in [-0.2, 0) is 17.6 Å². The van der Waals surface area contributed by atoms with Crippen LogP contribution in [0.15, 0.2) is 24.3 Å². The summed E-state index contributed by atoms with van der Waals surface area (Å²) < 4.78 is 0. The van der Waals surface area contributed by atoms with Crippen LogP contribution in [0.5, 0.6) is 0 Å². The molecule has 2 fully saturated rings. The summed E-state index contributed by atoms with van der Waals surface area (Å²) >= 11 is 0. The number of benzene rings is 1. The molecule has 1 heterocycles. The lowest BCUT2D eigenvalue weighted by Crippen LogP contribution is -2.17. The lowest BCUT2D eigenvalue weighted by molar-refractivity contribution is -0.119. The number of anilines is 1. The monoisotopic (exact) mass is 279 g/mol. The van der Waals surface area contributed by atoms with Crippen LogP contribution in [0.1, 0.15) is 30.5 Å². The van der Waals surface area contributed by atoms with Crippen molar-refractivity contribution in [2.45, 2.75) is 32.1 Å². The van der Waals surface area contributed by atoms with E-state index in [9.17, 15) is 4.79 Å². The van der Waals surface area contributed by atoms with Crippen LogP contribution in [0, 0.1) is 11.3 Å². The summed E-state index contributed by atoms with van der Waals surface area (Å²) in [4.78, 5) is 12.1. The first-order valence-corrected chi connectivity index (χ1v) is 7.74. The Labute approximate surface area is 122 Å². The fourth-order valence-electron chi connectivity index (χ4n) is 3.60. The summed E-state index contributed by atoms with van der Waals surface area (Å²) in [6.07, 6.45) is 5.63. The topological polar surface area (TPSA) is 57.8 Å². The SMILES string of the molecule is O=C(Nc1ccc(-c2n[nH]c3c2CCC3)cc1)C12CC1C2. The van der Waals surface area contributed by atoms with Crippen molar-refractivity contribution < 1.29 is 4.79 Å². The van der Waals surface area contributed by atoms with Crippen LogP contribution in [0.4, 0.5) is 5.69 Å². The lowest BCUT2D eigenvalue weighted by Gasteiger charge is -2.08. The van der Waals surface area contributed by atoms with Crippen LogP contribution in [-0.4, -0.2) is 16.1 Å². The van der Waals surface area contributed by atoms with Gasteiger partial charge in [0.25, 0.3) is 0 Å². The molecule has 0 bridgehead atoms. The van der Waals surface area contributed by atoms with E-state index in [1.54, 1.807) is 0 Å². The molecule has 0 spiro atoms. The molecule has 1 aromatic heterocycles. The molecule has 2 saturated carbocycles. The second kappa shape index (κ2) is 3.75. The van der Waals surface area contributed by atoms with Crippen molar-refractivity contribution in [3.05, 3.63) is 35.5 Å². The largest absolute Gasteiger partial charge is 0.326 e. The highest BCUT2D eigenvalue weighted by atomic mass is 16.2. The number of H-pyrrole nitrogens is 1. The van der Waals surface area contributed by atoms with Gasteiger partial charge in [0, 0.05) is 22.5 Å². The van der Waals surface area contributed by atoms with E-state index in [1.807, 2.05) is 12.1 Å². The summed E-state index contributed by atoms with van der Waals surface area (Å²) in [6, 6.07) is 8.08. The van der Waals surface area contributed by atoms with Gasteiger partial charge in [-0.05, 0) is 50.2 Å². The predicted octanol–water partition coefficient (Wildman–Crippen LogP) is 2.91. The molecule has 2 N–H and O–H groups in total. The van der Waals surface area contributed by atoms with Gasteiger partial charge in [0.15, 0.2) is 0 Å². The number of rotatable bonds is 3. The second-order valence-corrected chi connectivity index (χ2v) is 6.68. The minimum Gasteiger partial charge on any atom is -0.326 e. The van der Waals surface area contributed by atoms with Gasteiger partial charge in [-0.3, -0.25) is 9.89 Å². The Bertz CT molecular complexity index is 738. The van der Waals surface area contributed by atoms with Crippen molar-refractivity contribution in [3.63, 3.8) is 0 Å². The van der Waals surface area contributed by atoms with E-state index >= 15 is 0 Å². The lowest BCUT2D eigenvalue weighted by atomic mass is 10.1. The summed E-state index contributed by atoms with van der Waals surface area (Å²) in [5.74, 6) is 0.893. The van der Waals surface area contributed by atoms with Crippen LogP contribution in [0.3, 0.4) is 0 Å². The van der Waals surface area contributed by atoms with Crippen molar-refractivity contribution in [2.75, 3.05) is 5.32 Å². The number of hydrogen-bond acceptors (Lipinski definition) is 2. The third-order valence-corrected chi connectivity index (χ3v) is 5.36. The molecule has 2 aromatic rings. The Hall–Kier alpha value is -2.10. The second-order valence-electron chi connectivity index (χ2n) is 6.68. The van der Waals surface area contributed by atoms with Crippen molar-refractivity contribution in [1.29, 1.82) is 0 Å². The van der Waals surface area contributed by atoms with Gasteiger partial charge in [-0.2, -0.15) is 5.10 Å². The first kappa shape index (κ1) is 11.5. The molecular weight excluding hydrogens is 262 g/mol. The number of aryl methyl sites for hydroxylation is 1. The highest BCUT2D eigenvalue weighted by Crippen LogP contribution is 2.75. The number of carbonyl (C=O) groups is 1. The zero-order chi connectivity index (χ0) is 14.0. The molecule has 21 heavy (non-hydrogen) atoms. The van der Waals surface area contributed by atoms with E-state index < -0.39 is 0 Å². The van der Waals surface area contributed by atoms with Gasteiger partial charge >= 0.3 is 0 Å². The molecule has 0 atom stereocenters. The third kappa shape index (κ3) is 1.62. The smallest absolute Gasteiger partial charge is 0.230 e. The molecule has 4 nitrogen and oxygen atoms in total. The Kier molecular flexibility index (Phi) is 2.06. The summed E-state index contributed by atoms with van der Waals surface area (Å²) in [5, 5.41) is 10.6. The highest BCUT2D eigenvalue weighted by Gasteiger charge is 2.74. The van der Waals surface area contributed by atoms with Gasteiger partial charge < -0.3 is 5.32 Å². The molecule has 1 aromatic carbocycles. The average molecular weight is 279 g/mol.